The summed E-state index contributed by atoms with van der Waals surface area (Å²) in [6.45, 7) is 2.39. The number of ether oxygens (including phenoxy) is 1. The van der Waals surface area contributed by atoms with Crippen molar-refractivity contribution in [1.29, 1.82) is 0 Å². The molecule has 1 amide bonds. The van der Waals surface area contributed by atoms with E-state index in [1.807, 2.05) is 32.2 Å². The van der Waals surface area contributed by atoms with Crippen LogP contribution in [-0.2, 0) is 16.1 Å². The Morgan fingerprint density at radius 1 is 1.33 bits per heavy atom. The first kappa shape index (κ1) is 16.0. The molecule has 1 aliphatic rings. The molecule has 0 N–H and O–H groups in total. The Hall–Kier alpha value is -1.42. The van der Waals surface area contributed by atoms with Crippen LogP contribution in [0, 0.1) is 0 Å². The lowest BCUT2D eigenvalue weighted by Crippen LogP contribution is -2.38. The van der Waals surface area contributed by atoms with Crippen molar-refractivity contribution >= 4 is 5.91 Å². The van der Waals surface area contributed by atoms with Gasteiger partial charge in [-0.05, 0) is 31.9 Å². The van der Waals surface area contributed by atoms with E-state index in [1.165, 1.54) is 25.7 Å². The Bertz CT molecular complexity index is 428. The molecule has 116 valence electrons. The maximum Gasteiger partial charge on any atom is 0.251 e. The van der Waals surface area contributed by atoms with Crippen LogP contribution in [0.3, 0.4) is 0 Å². The van der Waals surface area contributed by atoms with Gasteiger partial charge in [-0.1, -0.05) is 31.7 Å². The van der Waals surface area contributed by atoms with E-state index in [0.29, 0.717) is 6.54 Å². The van der Waals surface area contributed by atoms with Crippen molar-refractivity contribution in [2.24, 2.45) is 0 Å². The van der Waals surface area contributed by atoms with Gasteiger partial charge in [0.25, 0.3) is 5.91 Å². The summed E-state index contributed by atoms with van der Waals surface area (Å²) in [5.41, 5.74) is 0.898. The van der Waals surface area contributed by atoms with Gasteiger partial charge < -0.3 is 9.64 Å². The highest BCUT2D eigenvalue weighted by Gasteiger charge is 2.23. The molecule has 1 aromatic rings. The van der Waals surface area contributed by atoms with Crippen LogP contribution in [-0.4, -0.2) is 35.0 Å². The molecule has 1 fully saturated rings. The summed E-state index contributed by atoms with van der Waals surface area (Å²) in [5.74, 6) is 0.0323. The van der Waals surface area contributed by atoms with E-state index in [-0.39, 0.29) is 18.1 Å². The normalized spacial score (nSPS) is 18.0. The van der Waals surface area contributed by atoms with Crippen LogP contribution in [0.2, 0.25) is 0 Å². The molecule has 1 saturated carbocycles. The average Bonchev–Trinajstić information content (AvgIpc) is 2.76. The minimum absolute atomic E-state index is 0.0323. The molecule has 4 nitrogen and oxygen atoms in total. The van der Waals surface area contributed by atoms with Gasteiger partial charge in [-0.15, -0.1) is 0 Å². The van der Waals surface area contributed by atoms with Gasteiger partial charge in [0.2, 0.25) is 0 Å². The highest BCUT2D eigenvalue weighted by molar-refractivity contribution is 5.80. The quantitative estimate of drug-likeness (QED) is 0.782. The summed E-state index contributed by atoms with van der Waals surface area (Å²) in [6.07, 6.45) is 8.81. The first-order valence-corrected chi connectivity index (χ1v) is 7.97. The maximum atomic E-state index is 12.4. The number of carbonyl (C=O) groups excluding carboxylic acids is 1. The molecular weight excluding hydrogens is 264 g/mol. The van der Waals surface area contributed by atoms with Gasteiger partial charge in [0.1, 0.15) is 6.10 Å². The van der Waals surface area contributed by atoms with Gasteiger partial charge in [0.05, 0.1) is 18.3 Å². The van der Waals surface area contributed by atoms with E-state index in [1.54, 1.807) is 11.1 Å². The van der Waals surface area contributed by atoms with Crippen LogP contribution in [0.25, 0.3) is 0 Å². The minimum atomic E-state index is -0.373. The monoisotopic (exact) mass is 290 g/mol. The second-order valence-corrected chi connectivity index (χ2v) is 5.91. The van der Waals surface area contributed by atoms with E-state index in [4.69, 9.17) is 4.74 Å². The third-order valence-corrected chi connectivity index (χ3v) is 4.05. The van der Waals surface area contributed by atoms with Crippen molar-refractivity contribution in [1.82, 2.24) is 9.88 Å². The van der Waals surface area contributed by atoms with Crippen LogP contribution < -0.4 is 0 Å². The smallest absolute Gasteiger partial charge is 0.251 e. The lowest BCUT2D eigenvalue weighted by molar-refractivity contribution is -0.146. The zero-order valence-electron chi connectivity index (χ0n) is 13.1. The molecule has 0 aromatic carbocycles. The predicted octanol–water partition coefficient (Wildman–Crippen LogP) is 3.17. The highest BCUT2D eigenvalue weighted by Crippen LogP contribution is 2.21. The Kier molecular flexibility index (Phi) is 6.18. The highest BCUT2D eigenvalue weighted by atomic mass is 16.5. The lowest BCUT2D eigenvalue weighted by Gasteiger charge is -2.25. The van der Waals surface area contributed by atoms with Crippen LogP contribution in [0.1, 0.15) is 51.1 Å². The number of hydrogen-bond acceptors (Lipinski definition) is 3. The van der Waals surface area contributed by atoms with Crippen molar-refractivity contribution in [2.45, 2.75) is 64.2 Å². The van der Waals surface area contributed by atoms with E-state index >= 15 is 0 Å². The fourth-order valence-corrected chi connectivity index (χ4v) is 2.85. The standard InChI is InChI=1S/C17H26N2O2/c1-14(21-16-10-5-3-4-6-11-16)17(20)19(2)13-15-9-7-8-12-18-15/h7-9,12,14,16H,3-6,10-11,13H2,1-2H3/t14-/m1/s1. The van der Waals surface area contributed by atoms with Crippen molar-refractivity contribution in [2.75, 3.05) is 7.05 Å². The second kappa shape index (κ2) is 8.13. The maximum absolute atomic E-state index is 12.4. The Morgan fingerprint density at radius 2 is 2.05 bits per heavy atom. The van der Waals surface area contributed by atoms with E-state index in [0.717, 1.165) is 18.5 Å². The van der Waals surface area contributed by atoms with Gasteiger partial charge in [-0.2, -0.15) is 0 Å². The van der Waals surface area contributed by atoms with Gasteiger partial charge in [0.15, 0.2) is 0 Å². The van der Waals surface area contributed by atoms with Crippen LogP contribution in [0.5, 0.6) is 0 Å². The zero-order chi connectivity index (χ0) is 15.1. The summed E-state index contributed by atoms with van der Waals surface area (Å²) in [5, 5.41) is 0. The first-order chi connectivity index (χ1) is 10.2. The number of amides is 1. The van der Waals surface area contributed by atoms with Crippen molar-refractivity contribution in [3.8, 4) is 0 Å². The Balaban J connectivity index is 1.83. The molecule has 1 atom stereocenters. The molecule has 1 aromatic heterocycles. The van der Waals surface area contributed by atoms with Gasteiger partial charge in [-0.3, -0.25) is 9.78 Å². The summed E-state index contributed by atoms with van der Waals surface area (Å²) in [4.78, 5) is 18.3. The number of carbonyl (C=O) groups is 1. The molecule has 0 aliphatic heterocycles. The third-order valence-electron chi connectivity index (χ3n) is 4.05. The number of aromatic nitrogens is 1. The summed E-state index contributed by atoms with van der Waals surface area (Å²) in [6, 6.07) is 5.75. The van der Waals surface area contributed by atoms with Crippen molar-refractivity contribution < 1.29 is 9.53 Å². The number of pyridine rings is 1. The zero-order valence-corrected chi connectivity index (χ0v) is 13.1. The fourth-order valence-electron chi connectivity index (χ4n) is 2.85. The number of hydrogen-bond donors (Lipinski definition) is 0. The summed E-state index contributed by atoms with van der Waals surface area (Å²) >= 11 is 0. The fraction of sp³-hybridized carbons (Fsp3) is 0.647. The average molecular weight is 290 g/mol. The third kappa shape index (κ3) is 5.12. The molecule has 0 radical (unpaired) electrons. The first-order valence-electron chi connectivity index (χ1n) is 7.97. The largest absolute Gasteiger partial charge is 0.365 e. The van der Waals surface area contributed by atoms with Crippen LogP contribution in [0.4, 0.5) is 0 Å². The van der Waals surface area contributed by atoms with E-state index < -0.39 is 0 Å². The Morgan fingerprint density at radius 3 is 2.67 bits per heavy atom. The van der Waals surface area contributed by atoms with Gasteiger partial charge in [0, 0.05) is 13.2 Å². The van der Waals surface area contributed by atoms with Gasteiger partial charge in [-0.25, -0.2) is 0 Å². The minimum Gasteiger partial charge on any atom is -0.365 e. The Labute approximate surface area is 127 Å². The molecule has 1 heterocycles. The molecule has 0 bridgehead atoms. The lowest BCUT2D eigenvalue weighted by atomic mass is 10.1. The topological polar surface area (TPSA) is 42.4 Å². The number of nitrogens with zero attached hydrogens (tertiary/aromatic N) is 2. The molecule has 1 aliphatic carbocycles. The van der Waals surface area contributed by atoms with Crippen molar-refractivity contribution in [3.05, 3.63) is 30.1 Å². The molecule has 4 heteroatoms. The SMILES string of the molecule is C[C@@H](OC1CCCCCC1)C(=O)N(C)Cc1ccccn1. The molecule has 0 saturated heterocycles. The molecule has 0 unspecified atom stereocenters. The van der Waals surface area contributed by atoms with E-state index in [2.05, 4.69) is 4.98 Å². The van der Waals surface area contributed by atoms with Crippen LogP contribution in [0.15, 0.2) is 24.4 Å². The van der Waals surface area contributed by atoms with E-state index in [9.17, 15) is 4.79 Å². The molecule has 0 spiro atoms. The predicted molar refractivity (Wildman–Crippen MR) is 82.7 cm³/mol. The molecule has 2 rings (SSSR count). The second-order valence-electron chi connectivity index (χ2n) is 5.91. The molecular formula is C17H26N2O2. The van der Waals surface area contributed by atoms with Crippen LogP contribution >= 0.6 is 0 Å². The number of likely N-dealkylation sites (N-methyl/N-ethyl adjacent to an activating group) is 1. The summed E-state index contributed by atoms with van der Waals surface area (Å²) < 4.78 is 5.98. The summed E-state index contributed by atoms with van der Waals surface area (Å²) in [7, 11) is 1.81. The molecule has 21 heavy (non-hydrogen) atoms. The van der Waals surface area contributed by atoms with Gasteiger partial charge >= 0.3 is 0 Å². The van der Waals surface area contributed by atoms with Crippen molar-refractivity contribution in [3.63, 3.8) is 0 Å². The number of rotatable bonds is 5.